The molecule has 0 bridgehead atoms. The topological polar surface area (TPSA) is 41.1 Å². The van der Waals surface area contributed by atoms with Crippen molar-refractivity contribution in [3.63, 3.8) is 0 Å². The van der Waals surface area contributed by atoms with Gasteiger partial charge >= 0.3 is 0 Å². The number of hydrogen-bond acceptors (Lipinski definition) is 2. The quantitative estimate of drug-likeness (QED) is 0.805. The van der Waals surface area contributed by atoms with Crippen molar-refractivity contribution in [2.75, 3.05) is 13.1 Å². The molecule has 1 saturated carbocycles. The molecule has 1 aliphatic carbocycles. The fourth-order valence-corrected chi connectivity index (χ4v) is 2.19. The number of halogens is 1. The molecule has 3 nitrogen and oxygen atoms in total. The van der Waals surface area contributed by atoms with Crippen molar-refractivity contribution in [1.29, 1.82) is 0 Å². The van der Waals surface area contributed by atoms with Gasteiger partial charge in [-0.15, -0.1) is 0 Å². The van der Waals surface area contributed by atoms with E-state index in [-0.39, 0.29) is 11.9 Å². The first-order valence-corrected chi connectivity index (χ1v) is 7.26. The van der Waals surface area contributed by atoms with Gasteiger partial charge in [0.05, 0.1) is 6.54 Å². The molecule has 1 fully saturated rings. The fraction of sp³-hybridized carbons (Fsp3) is 0.533. The van der Waals surface area contributed by atoms with Gasteiger partial charge < -0.3 is 10.6 Å². The molecule has 1 aromatic carbocycles. The van der Waals surface area contributed by atoms with Crippen LogP contribution in [0, 0.1) is 5.92 Å². The lowest BCUT2D eigenvalue weighted by molar-refractivity contribution is -0.120. The van der Waals surface area contributed by atoms with Crippen LogP contribution in [-0.2, 0) is 11.2 Å². The molecule has 2 N–H and O–H groups in total. The minimum absolute atomic E-state index is 0.0714. The van der Waals surface area contributed by atoms with E-state index in [2.05, 4.69) is 10.6 Å². The summed E-state index contributed by atoms with van der Waals surface area (Å²) >= 11 is 5.84. The number of carbonyl (C=O) groups is 1. The second kappa shape index (κ2) is 6.92. The van der Waals surface area contributed by atoms with Crippen molar-refractivity contribution in [2.24, 2.45) is 5.92 Å². The average Bonchev–Trinajstić information content (AvgIpc) is 3.16. The van der Waals surface area contributed by atoms with Gasteiger partial charge in [-0.1, -0.05) is 23.7 Å². The zero-order chi connectivity index (χ0) is 13.7. The van der Waals surface area contributed by atoms with Gasteiger partial charge in [-0.2, -0.15) is 0 Å². The Hall–Kier alpha value is -1.06. The third-order valence-electron chi connectivity index (χ3n) is 3.28. The summed E-state index contributed by atoms with van der Waals surface area (Å²) in [5.74, 6) is 0.876. The SMILES string of the molecule is CC(Cc1ccc(Cl)cc1)NC(=O)CNCC1CC1. The van der Waals surface area contributed by atoms with Crippen LogP contribution in [0.15, 0.2) is 24.3 Å². The summed E-state index contributed by atoms with van der Waals surface area (Å²) in [5, 5.41) is 6.94. The van der Waals surface area contributed by atoms with Gasteiger partial charge in [0.25, 0.3) is 0 Å². The van der Waals surface area contributed by atoms with Crippen LogP contribution in [-0.4, -0.2) is 25.0 Å². The summed E-state index contributed by atoms with van der Waals surface area (Å²) in [5.41, 5.74) is 1.18. The first-order valence-electron chi connectivity index (χ1n) is 6.88. The van der Waals surface area contributed by atoms with Crippen LogP contribution in [0.25, 0.3) is 0 Å². The van der Waals surface area contributed by atoms with Gasteiger partial charge in [0.15, 0.2) is 0 Å². The van der Waals surface area contributed by atoms with Gasteiger partial charge in [-0.25, -0.2) is 0 Å². The van der Waals surface area contributed by atoms with E-state index in [4.69, 9.17) is 11.6 Å². The predicted molar refractivity (Wildman–Crippen MR) is 78.4 cm³/mol. The highest BCUT2D eigenvalue weighted by molar-refractivity contribution is 6.30. The number of benzene rings is 1. The summed E-state index contributed by atoms with van der Waals surface area (Å²) in [4.78, 5) is 11.7. The van der Waals surface area contributed by atoms with E-state index in [0.717, 1.165) is 23.9 Å². The number of rotatable bonds is 7. The molecule has 1 aliphatic rings. The third kappa shape index (κ3) is 5.62. The monoisotopic (exact) mass is 280 g/mol. The van der Waals surface area contributed by atoms with Crippen LogP contribution in [0.4, 0.5) is 0 Å². The molecule has 0 spiro atoms. The molecule has 0 saturated heterocycles. The average molecular weight is 281 g/mol. The highest BCUT2D eigenvalue weighted by atomic mass is 35.5. The summed E-state index contributed by atoms with van der Waals surface area (Å²) in [6, 6.07) is 7.88. The van der Waals surface area contributed by atoms with Crippen LogP contribution >= 0.6 is 11.6 Å². The molecule has 0 heterocycles. The minimum Gasteiger partial charge on any atom is -0.352 e. The van der Waals surface area contributed by atoms with E-state index in [1.54, 1.807) is 0 Å². The van der Waals surface area contributed by atoms with Crippen molar-refractivity contribution < 1.29 is 4.79 Å². The summed E-state index contributed by atoms with van der Waals surface area (Å²) < 4.78 is 0. The van der Waals surface area contributed by atoms with Gasteiger partial charge in [0.2, 0.25) is 5.91 Å². The van der Waals surface area contributed by atoms with Gasteiger partial charge in [-0.05, 0) is 56.3 Å². The van der Waals surface area contributed by atoms with E-state index in [0.29, 0.717) is 6.54 Å². The lowest BCUT2D eigenvalue weighted by Gasteiger charge is -2.14. The Morgan fingerprint density at radius 1 is 1.37 bits per heavy atom. The Balaban J connectivity index is 1.65. The first kappa shape index (κ1) is 14.4. The number of hydrogen-bond donors (Lipinski definition) is 2. The first-order chi connectivity index (χ1) is 9.13. The van der Waals surface area contributed by atoms with Crippen molar-refractivity contribution in [3.05, 3.63) is 34.9 Å². The summed E-state index contributed by atoms with van der Waals surface area (Å²) in [7, 11) is 0. The Labute approximate surface area is 119 Å². The molecule has 104 valence electrons. The molecule has 4 heteroatoms. The minimum atomic E-state index is 0.0714. The molecular formula is C15H21ClN2O. The van der Waals surface area contributed by atoms with E-state index in [1.807, 2.05) is 31.2 Å². The zero-order valence-electron chi connectivity index (χ0n) is 11.3. The van der Waals surface area contributed by atoms with Gasteiger partial charge in [0.1, 0.15) is 0 Å². The Morgan fingerprint density at radius 2 is 2.05 bits per heavy atom. The van der Waals surface area contributed by atoms with E-state index in [9.17, 15) is 4.79 Å². The van der Waals surface area contributed by atoms with Crippen molar-refractivity contribution in [1.82, 2.24) is 10.6 Å². The Bertz CT molecular complexity index is 415. The maximum atomic E-state index is 11.7. The molecule has 2 rings (SSSR count). The van der Waals surface area contributed by atoms with Crippen molar-refractivity contribution in [2.45, 2.75) is 32.2 Å². The standard InChI is InChI=1S/C15H21ClN2O/c1-11(8-12-4-6-14(16)7-5-12)18-15(19)10-17-9-13-2-3-13/h4-7,11,13,17H,2-3,8-10H2,1H3,(H,18,19). The number of amides is 1. The second-order valence-corrected chi connectivity index (χ2v) is 5.81. The van der Waals surface area contributed by atoms with Gasteiger partial charge in [-0.3, -0.25) is 4.79 Å². The molecule has 1 amide bonds. The van der Waals surface area contributed by atoms with Crippen molar-refractivity contribution >= 4 is 17.5 Å². The fourth-order valence-electron chi connectivity index (χ4n) is 2.06. The number of nitrogens with one attached hydrogen (secondary N) is 2. The zero-order valence-corrected chi connectivity index (χ0v) is 12.0. The lowest BCUT2D eigenvalue weighted by Crippen LogP contribution is -2.40. The molecular weight excluding hydrogens is 260 g/mol. The van der Waals surface area contributed by atoms with Crippen LogP contribution in [0.5, 0.6) is 0 Å². The summed E-state index contributed by atoms with van der Waals surface area (Å²) in [6.45, 7) is 3.41. The third-order valence-corrected chi connectivity index (χ3v) is 3.53. The van der Waals surface area contributed by atoms with Crippen molar-refractivity contribution in [3.8, 4) is 0 Å². The highest BCUT2D eigenvalue weighted by Gasteiger charge is 2.20. The molecule has 0 aliphatic heterocycles. The Kier molecular flexibility index (Phi) is 5.23. The normalized spacial score (nSPS) is 16.1. The largest absolute Gasteiger partial charge is 0.352 e. The summed E-state index contributed by atoms with van der Waals surface area (Å²) in [6.07, 6.45) is 3.44. The molecule has 1 atom stereocenters. The maximum absolute atomic E-state index is 11.7. The second-order valence-electron chi connectivity index (χ2n) is 5.37. The van der Waals surface area contributed by atoms with E-state index >= 15 is 0 Å². The molecule has 19 heavy (non-hydrogen) atoms. The van der Waals surface area contributed by atoms with E-state index in [1.165, 1.54) is 18.4 Å². The van der Waals surface area contributed by atoms with Crippen LogP contribution in [0.2, 0.25) is 5.02 Å². The number of carbonyl (C=O) groups excluding carboxylic acids is 1. The molecule has 1 unspecified atom stereocenters. The van der Waals surface area contributed by atoms with Crippen LogP contribution in [0.3, 0.4) is 0 Å². The van der Waals surface area contributed by atoms with Crippen LogP contribution in [0.1, 0.15) is 25.3 Å². The maximum Gasteiger partial charge on any atom is 0.234 e. The predicted octanol–water partition coefficient (Wildman–Crippen LogP) is 2.39. The molecule has 1 aromatic rings. The smallest absolute Gasteiger partial charge is 0.234 e. The molecule has 0 radical (unpaired) electrons. The van der Waals surface area contributed by atoms with Gasteiger partial charge in [0, 0.05) is 11.1 Å². The van der Waals surface area contributed by atoms with E-state index < -0.39 is 0 Å². The van der Waals surface area contributed by atoms with Crippen LogP contribution < -0.4 is 10.6 Å². The lowest BCUT2D eigenvalue weighted by atomic mass is 10.1. The molecule has 0 aromatic heterocycles. The Morgan fingerprint density at radius 3 is 2.68 bits per heavy atom. The highest BCUT2D eigenvalue weighted by Crippen LogP contribution is 2.27.